The minimum atomic E-state index is -1.12. The molecule has 1 fully saturated rings. The van der Waals surface area contributed by atoms with Crippen LogP contribution in [0.1, 0.15) is 40.0 Å². The lowest BCUT2D eigenvalue weighted by atomic mass is 9.61. The van der Waals surface area contributed by atoms with Gasteiger partial charge in [-0.3, -0.25) is 4.79 Å². The predicted octanol–water partition coefficient (Wildman–Crippen LogP) is 0.338. The maximum Gasteiger partial charge on any atom is 0.326 e. The average molecular weight is 286 g/mol. The van der Waals surface area contributed by atoms with Crippen molar-refractivity contribution in [3.05, 3.63) is 0 Å². The van der Waals surface area contributed by atoms with Crippen molar-refractivity contribution in [2.75, 3.05) is 6.61 Å². The highest BCUT2D eigenvalue weighted by Crippen LogP contribution is 2.44. The summed E-state index contributed by atoms with van der Waals surface area (Å²) in [6.07, 6.45) is 1.44. The second-order valence-corrected chi connectivity index (χ2v) is 6.32. The summed E-state index contributed by atoms with van der Waals surface area (Å²) in [5, 5.41) is 20.4. The highest BCUT2D eigenvalue weighted by molar-refractivity contribution is 5.85. The molecule has 0 radical (unpaired) electrons. The van der Waals surface area contributed by atoms with E-state index in [1.807, 2.05) is 20.8 Å². The quantitative estimate of drug-likeness (QED) is 0.582. The molecule has 116 valence electrons. The van der Waals surface area contributed by atoms with Gasteiger partial charge in [-0.25, -0.2) is 4.79 Å². The zero-order valence-electron chi connectivity index (χ0n) is 12.4. The Kier molecular flexibility index (Phi) is 5.53. The summed E-state index contributed by atoms with van der Waals surface area (Å²) in [7, 11) is 0. The largest absolute Gasteiger partial charge is 0.480 e. The molecule has 0 spiro atoms. The summed E-state index contributed by atoms with van der Waals surface area (Å²) in [5.74, 6) is -1.44. The van der Waals surface area contributed by atoms with Crippen molar-refractivity contribution in [2.45, 2.75) is 52.1 Å². The van der Waals surface area contributed by atoms with Crippen molar-refractivity contribution >= 4 is 11.9 Å². The van der Waals surface area contributed by atoms with E-state index in [0.717, 1.165) is 6.42 Å². The van der Waals surface area contributed by atoms with Crippen LogP contribution in [0.15, 0.2) is 0 Å². The highest BCUT2D eigenvalue weighted by atomic mass is 16.4. The van der Waals surface area contributed by atoms with Crippen molar-refractivity contribution in [1.29, 1.82) is 0 Å². The van der Waals surface area contributed by atoms with E-state index in [4.69, 9.17) is 15.9 Å². The molecular weight excluding hydrogens is 260 g/mol. The molecule has 1 aliphatic carbocycles. The monoisotopic (exact) mass is 286 g/mol. The van der Waals surface area contributed by atoms with Gasteiger partial charge in [0.15, 0.2) is 0 Å². The van der Waals surface area contributed by atoms with E-state index in [1.165, 1.54) is 0 Å². The van der Waals surface area contributed by atoms with Gasteiger partial charge in [0.25, 0.3) is 0 Å². The molecule has 6 nitrogen and oxygen atoms in total. The van der Waals surface area contributed by atoms with Crippen LogP contribution in [0.2, 0.25) is 0 Å². The number of nitrogens with one attached hydrogen (secondary N) is 1. The molecule has 0 aromatic carbocycles. The third-order valence-electron chi connectivity index (χ3n) is 4.85. The lowest BCUT2D eigenvalue weighted by molar-refractivity contribution is -0.144. The van der Waals surface area contributed by atoms with E-state index in [2.05, 4.69) is 5.32 Å². The van der Waals surface area contributed by atoms with Crippen LogP contribution in [0.4, 0.5) is 0 Å². The van der Waals surface area contributed by atoms with E-state index >= 15 is 0 Å². The Morgan fingerprint density at radius 3 is 2.50 bits per heavy atom. The van der Waals surface area contributed by atoms with Crippen LogP contribution in [0, 0.1) is 17.3 Å². The number of amides is 1. The molecule has 0 aliphatic heterocycles. The van der Waals surface area contributed by atoms with Crippen molar-refractivity contribution in [3.8, 4) is 0 Å². The van der Waals surface area contributed by atoms with Crippen molar-refractivity contribution < 1.29 is 19.8 Å². The molecule has 3 unspecified atom stereocenters. The molecule has 0 bridgehead atoms. The van der Waals surface area contributed by atoms with Gasteiger partial charge in [0.05, 0.1) is 0 Å². The van der Waals surface area contributed by atoms with Gasteiger partial charge in [-0.15, -0.1) is 0 Å². The van der Waals surface area contributed by atoms with Crippen LogP contribution >= 0.6 is 0 Å². The van der Waals surface area contributed by atoms with E-state index in [9.17, 15) is 9.59 Å². The minimum absolute atomic E-state index is 0.0172. The number of carboxylic acid groups (broad SMARTS) is 1. The SMILES string of the molecule is CC1C(N)CCC(C(=O)N[C@H](CCO)C(=O)O)C1(C)C. The van der Waals surface area contributed by atoms with E-state index in [-0.39, 0.29) is 42.2 Å². The Hall–Kier alpha value is -1.14. The number of aliphatic carboxylic acids is 1. The number of nitrogens with two attached hydrogens (primary N) is 1. The lowest BCUT2D eigenvalue weighted by Gasteiger charge is -2.46. The Morgan fingerprint density at radius 1 is 1.40 bits per heavy atom. The van der Waals surface area contributed by atoms with Crippen LogP contribution in [0.3, 0.4) is 0 Å². The van der Waals surface area contributed by atoms with Gasteiger partial charge >= 0.3 is 5.97 Å². The zero-order chi connectivity index (χ0) is 15.5. The molecule has 0 saturated heterocycles. The van der Waals surface area contributed by atoms with Gasteiger partial charge < -0.3 is 21.3 Å². The molecule has 0 aromatic heterocycles. The molecule has 6 heteroatoms. The van der Waals surface area contributed by atoms with Crippen LogP contribution in [0.25, 0.3) is 0 Å². The molecule has 0 heterocycles. The first kappa shape index (κ1) is 16.9. The molecular formula is C14H26N2O4. The number of carbonyl (C=O) groups is 2. The van der Waals surface area contributed by atoms with Crippen molar-refractivity contribution in [3.63, 3.8) is 0 Å². The maximum atomic E-state index is 12.4. The average Bonchev–Trinajstić information content (AvgIpc) is 2.35. The van der Waals surface area contributed by atoms with Crippen LogP contribution < -0.4 is 11.1 Å². The first-order valence-electron chi connectivity index (χ1n) is 7.11. The van der Waals surface area contributed by atoms with Gasteiger partial charge in [0, 0.05) is 25.0 Å². The predicted molar refractivity (Wildman–Crippen MR) is 74.9 cm³/mol. The summed E-state index contributed by atoms with van der Waals surface area (Å²) in [4.78, 5) is 23.4. The van der Waals surface area contributed by atoms with Crippen molar-refractivity contribution in [1.82, 2.24) is 5.32 Å². The Bertz CT molecular complexity index is 370. The molecule has 1 aliphatic rings. The Balaban J connectivity index is 2.78. The Labute approximate surface area is 119 Å². The number of carbonyl (C=O) groups excluding carboxylic acids is 1. The number of hydrogen-bond acceptors (Lipinski definition) is 4. The van der Waals surface area contributed by atoms with E-state index < -0.39 is 12.0 Å². The normalized spacial score (nSPS) is 30.6. The lowest BCUT2D eigenvalue weighted by Crippen LogP contribution is -2.54. The molecule has 0 aromatic rings. The fraction of sp³-hybridized carbons (Fsp3) is 0.857. The summed E-state index contributed by atoms with van der Waals surface area (Å²) in [6, 6.07) is -0.962. The summed E-state index contributed by atoms with van der Waals surface area (Å²) in [6.45, 7) is 5.77. The van der Waals surface area contributed by atoms with E-state index in [1.54, 1.807) is 0 Å². The maximum absolute atomic E-state index is 12.4. The second-order valence-electron chi connectivity index (χ2n) is 6.32. The van der Waals surface area contributed by atoms with Gasteiger partial charge in [0.2, 0.25) is 5.91 Å². The minimum Gasteiger partial charge on any atom is -0.480 e. The third-order valence-corrected chi connectivity index (χ3v) is 4.85. The summed E-state index contributed by atoms with van der Waals surface area (Å²) in [5.41, 5.74) is 5.78. The summed E-state index contributed by atoms with van der Waals surface area (Å²) >= 11 is 0. The smallest absolute Gasteiger partial charge is 0.326 e. The van der Waals surface area contributed by atoms with Crippen molar-refractivity contribution in [2.24, 2.45) is 23.0 Å². The number of hydrogen-bond donors (Lipinski definition) is 4. The number of rotatable bonds is 5. The van der Waals surface area contributed by atoms with Gasteiger partial charge in [-0.05, 0) is 24.2 Å². The number of carboxylic acids is 1. The second kappa shape index (κ2) is 6.54. The third kappa shape index (κ3) is 3.49. The molecule has 1 amide bonds. The van der Waals surface area contributed by atoms with Crippen LogP contribution in [-0.4, -0.2) is 40.8 Å². The van der Waals surface area contributed by atoms with Crippen LogP contribution in [0.5, 0.6) is 0 Å². The molecule has 4 atom stereocenters. The highest BCUT2D eigenvalue weighted by Gasteiger charge is 2.45. The standard InChI is InChI=1S/C14H26N2O4/c1-8-10(15)5-4-9(14(8,2)3)12(18)16-11(6-7-17)13(19)20/h8-11,17H,4-7,15H2,1-3H3,(H,16,18)(H,19,20)/t8?,9?,10?,11-/m1/s1. The Morgan fingerprint density at radius 2 is 2.00 bits per heavy atom. The molecule has 5 N–H and O–H groups in total. The fourth-order valence-electron chi connectivity index (χ4n) is 2.98. The first-order chi connectivity index (χ1) is 9.21. The van der Waals surface area contributed by atoms with E-state index in [0.29, 0.717) is 6.42 Å². The first-order valence-corrected chi connectivity index (χ1v) is 7.11. The number of aliphatic hydroxyl groups is 1. The van der Waals surface area contributed by atoms with Gasteiger partial charge in [-0.2, -0.15) is 0 Å². The molecule has 20 heavy (non-hydrogen) atoms. The number of aliphatic hydroxyl groups excluding tert-OH is 1. The topological polar surface area (TPSA) is 113 Å². The van der Waals surface area contributed by atoms with Crippen LogP contribution in [-0.2, 0) is 9.59 Å². The fourth-order valence-corrected chi connectivity index (χ4v) is 2.98. The summed E-state index contributed by atoms with van der Waals surface area (Å²) < 4.78 is 0. The molecule has 1 rings (SSSR count). The van der Waals surface area contributed by atoms with Gasteiger partial charge in [0.1, 0.15) is 6.04 Å². The zero-order valence-corrected chi connectivity index (χ0v) is 12.4. The molecule has 1 saturated carbocycles. The van der Waals surface area contributed by atoms with Gasteiger partial charge in [-0.1, -0.05) is 20.8 Å².